The molecular weight excluding hydrogens is 266 g/mol. The van der Waals surface area contributed by atoms with Crippen molar-refractivity contribution in [2.45, 2.75) is 63.8 Å². The first kappa shape index (κ1) is 15.9. The second-order valence-corrected chi connectivity index (χ2v) is 6.81. The Morgan fingerprint density at radius 3 is 2.45 bits per heavy atom. The molecule has 1 fully saturated rings. The molecule has 0 aromatic heterocycles. The number of benzene rings is 1. The van der Waals surface area contributed by atoms with Crippen LogP contribution in [0.1, 0.15) is 68.9 Å². The summed E-state index contributed by atoms with van der Waals surface area (Å²) < 4.78 is 0. The molecule has 0 aliphatic carbocycles. The van der Waals surface area contributed by atoms with Crippen molar-refractivity contribution in [2.75, 3.05) is 13.1 Å². The van der Waals surface area contributed by atoms with Crippen LogP contribution in [0.3, 0.4) is 0 Å². The molecule has 2 heteroatoms. The molecule has 1 nitrogen and oxygen atoms in total. The molecule has 0 amide bonds. The molecule has 1 heterocycles. The lowest BCUT2D eigenvalue weighted by molar-refractivity contribution is 0.161. The number of halogens is 1. The third kappa shape index (κ3) is 3.99. The van der Waals surface area contributed by atoms with Gasteiger partial charge in [0, 0.05) is 12.6 Å². The highest BCUT2D eigenvalue weighted by molar-refractivity contribution is 6.21. The second-order valence-electron chi connectivity index (χ2n) is 6.28. The van der Waals surface area contributed by atoms with Crippen LogP contribution in [0.15, 0.2) is 24.3 Å². The lowest BCUT2D eigenvalue weighted by Crippen LogP contribution is -2.39. The van der Waals surface area contributed by atoms with Crippen molar-refractivity contribution in [3.05, 3.63) is 35.4 Å². The molecule has 3 unspecified atom stereocenters. The van der Waals surface area contributed by atoms with Gasteiger partial charge in [0.1, 0.15) is 0 Å². The Bertz CT molecular complexity index is 400. The average molecular weight is 294 g/mol. The van der Waals surface area contributed by atoms with Crippen molar-refractivity contribution in [3.8, 4) is 0 Å². The van der Waals surface area contributed by atoms with Gasteiger partial charge in [0.15, 0.2) is 0 Å². The molecule has 0 N–H and O–H groups in total. The van der Waals surface area contributed by atoms with Gasteiger partial charge in [0.2, 0.25) is 0 Å². The van der Waals surface area contributed by atoms with Crippen LogP contribution in [0, 0.1) is 0 Å². The van der Waals surface area contributed by atoms with Gasteiger partial charge in [-0.05, 0) is 49.8 Å². The Morgan fingerprint density at radius 1 is 1.20 bits per heavy atom. The highest BCUT2D eigenvalue weighted by atomic mass is 35.5. The molecule has 0 bridgehead atoms. The zero-order valence-corrected chi connectivity index (χ0v) is 13.9. The predicted octanol–water partition coefficient (Wildman–Crippen LogP) is 5.35. The standard InChI is InChI=1S/C18H28ClN/c1-4-14(2)16-8-10-17(11-9-16)18(19)13-20-12-6-5-7-15(20)3/h8-11,14-15,18H,4-7,12-13H2,1-3H3. The van der Waals surface area contributed by atoms with Crippen LogP contribution in [0.4, 0.5) is 0 Å². The number of alkyl halides is 1. The molecule has 3 atom stereocenters. The lowest BCUT2D eigenvalue weighted by atomic mass is 9.96. The number of nitrogens with zero attached hydrogens (tertiary/aromatic N) is 1. The molecule has 0 saturated carbocycles. The summed E-state index contributed by atoms with van der Waals surface area (Å²) in [6, 6.07) is 9.61. The Hall–Kier alpha value is -0.530. The van der Waals surface area contributed by atoms with E-state index in [9.17, 15) is 0 Å². The zero-order chi connectivity index (χ0) is 14.5. The van der Waals surface area contributed by atoms with Gasteiger partial charge in [0.25, 0.3) is 0 Å². The van der Waals surface area contributed by atoms with Crippen LogP contribution >= 0.6 is 11.6 Å². The molecule has 2 rings (SSSR count). The molecule has 1 aromatic carbocycles. The van der Waals surface area contributed by atoms with Crippen molar-refractivity contribution >= 4 is 11.6 Å². The van der Waals surface area contributed by atoms with E-state index in [-0.39, 0.29) is 5.38 Å². The first-order chi connectivity index (χ1) is 9.61. The number of hydrogen-bond donors (Lipinski definition) is 0. The van der Waals surface area contributed by atoms with Crippen molar-refractivity contribution < 1.29 is 0 Å². The monoisotopic (exact) mass is 293 g/mol. The molecular formula is C18H28ClN. The number of piperidine rings is 1. The maximum Gasteiger partial charge on any atom is 0.0712 e. The van der Waals surface area contributed by atoms with Gasteiger partial charge in [-0.25, -0.2) is 0 Å². The smallest absolute Gasteiger partial charge is 0.0712 e. The van der Waals surface area contributed by atoms with E-state index in [1.807, 2.05) is 0 Å². The summed E-state index contributed by atoms with van der Waals surface area (Å²) >= 11 is 6.63. The molecule has 1 aromatic rings. The second kappa shape index (κ2) is 7.47. The van der Waals surface area contributed by atoms with E-state index in [0.717, 1.165) is 6.54 Å². The predicted molar refractivity (Wildman–Crippen MR) is 88.6 cm³/mol. The fourth-order valence-corrected chi connectivity index (χ4v) is 3.33. The van der Waals surface area contributed by atoms with Crippen molar-refractivity contribution in [3.63, 3.8) is 0 Å². The average Bonchev–Trinajstić information content (AvgIpc) is 2.49. The highest BCUT2D eigenvalue weighted by Crippen LogP contribution is 2.27. The fraction of sp³-hybridized carbons (Fsp3) is 0.667. The molecule has 0 spiro atoms. The van der Waals surface area contributed by atoms with Gasteiger partial charge in [-0.2, -0.15) is 0 Å². The Labute approximate surface area is 129 Å². The van der Waals surface area contributed by atoms with E-state index in [4.69, 9.17) is 11.6 Å². The first-order valence-electron chi connectivity index (χ1n) is 8.09. The van der Waals surface area contributed by atoms with Crippen LogP contribution in [-0.2, 0) is 0 Å². The van der Waals surface area contributed by atoms with E-state index in [0.29, 0.717) is 12.0 Å². The fourth-order valence-electron chi connectivity index (χ4n) is 3.01. The normalized spacial score (nSPS) is 23.5. The largest absolute Gasteiger partial charge is 0.299 e. The summed E-state index contributed by atoms with van der Waals surface area (Å²) in [4.78, 5) is 2.55. The minimum absolute atomic E-state index is 0.113. The SMILES string of the molecule is CCC(C)c1ccc(C(Cl)CN2CCCCC2C)cc1. The number of likely N-dealkylation sites (tertiary alicyclic amines) is 1. The Morgan fingerprint density at radius 2 is 1.85 bits per heavy atom. The van der Waals surface area contributed by atoms with E-state index in [1.54, 1.807) is 0 Å². The maximum atomic E-state index is 6.63. The molecule has 20 heavy (non-hydrogen) atoms. The van der Waals surface area contributed by atoms with Gasteiger partial charge >= 0.3 is 0 Å². The zero-order valence-electron chi connectivity index (χ0n) is 13.1. The van der Waals surface area contributed by atoms with Crippen LogP contribution in [0.5, 0.6) is 0 Å². The number of hydrogen-bond acceptors (Lipinski definition) is 1. The van der Waals surface area contributed by atoms with E-state index in [2.05, 4.69) is 49.9 Å². The summed E-state index contributed by atoms with van der Waals surface area (Å²) in [5.74, 6) is 0.639. The minimum Gasteiger partial charge on any atom is -0.299 e. The van der Waals surface area contributed by atoms with Gasteiger partial charge < -0.3 is 0 Å². The molecule has 0 radical (unpaired) electrons. The molecule has 1 aliphatic rings. The molecule has 1 saturated heterocycles. The van der Waals surface area contributed by atoms with Crippen LogP contribution in [0.2, 0.25) is 0 Å². The van der Waals surface area contributed by atoms with Gasteiger partial charge in [-0.1, -0.05) is 44.5 Å². The number of rotatable bonds is 5. The highest BCUT2D eigenvalue weighted by Gasteiger charge is 2.21. The van der Waals surface area contributed by atoms with Crippen molar-refractivity contribution in [2.24, 2.45) is 0 Å². The topological polar surface area (TPSA) is 3.24 Å². The summed E-state index contributed by atoms with van der Waals surface area (Å²) in [5, 5.41) is 0.113. The van der Waals surface area contributed by atoms with E-state index in [1.165, 1.54) is 43.4 Å². The van der Waals surface area contributed by atoms with Crippen LogP contribution in [0.25, 0.3) is 0 Å². The third-order valence-electron chi connectivity index (χ3n) is 4.81. The van der Waals surface area contributed by atoms with E-state index < -0.39 is 0 Å². The van der Waals surface area contributed by atoms with Crippen molar-refractivity contribution in [1.82, 2.24) is 4.90 Å². The van der Waals surface area contributed by atoms with Gasteiger partial charge in [0.05, 0.1) is 5.38 Å². The maximum absolute atomic E-state index is 6.63. The summed E-state index contributed by atoms with van der Waals surface area (Å²) in [6.45, 7) is 9.03. The van der Waals surface area contributed by atoms with Gasteiger partial charge in [-0.15, -0.1) is 11.6 Å². The van der Waals surface area contributed by atoms with E-state index >= 15 is 0 Å². The molecule has 112 valence electrons. The molecule has 1 aliphatic heterocycles. The van der Waals surface area contributed by atoms with Crippen LogP contribution < -0.4 is 0 Å². The Kier molecular flexibility index (Phi) is 5.92. The van der Waals surface area contributed by atoms with Crippen molar-refractivity contribution in [1.29, 1.82) is 0 Å². The first-order valence-corrected chi connectivity index (χ1v) is 8.53. The summed E-state index contributed by atoms with van der Waals surface area (Å²) in [6.07, 6.45) is 5.20. The quantitative estimate of drug-likeness (QED) is 0.661. The minimum atomic E-state index is 0.113. The lowest BCUT2D eigenvalue weighted by Gasteiger charge is -2.34. The summed E-state index contributed by atoms with van der Waals surface area (Å²) in [5.41, 5.74) is 2.68. The van der Waals surface area contributed by atoms with Gasteiger partial charge in [-0.3, -0.25) is 4.90 Å². The van der Waals surface area contributed by atoms with Crippen LogP contribution in [-0.4, -0.2) is 24.0 Å². The third-order valence-corrected chi connectivity index (χ3v) is 5.20. The Balaban J connectivity index is 1.96. The summed E-state index contributed by atoms with van der Waals surface area (Å²) in [7, 11) is 0.